The predicted molar refractivity (Wildman–Crippen MR) is 112 cm³/mol. The zero-order valence-corrected chi connectivity index (χ0v) is 15.8. The molecule has 4 aromatic carbocycles. The summed E-state index contributed by atoms with van der Waals surface area (Å²) in [4.78, 5) is 26.2. The number of rotatable bonds is 5. The van der Waals surface area contributed by atoms with Crippen molar-refractivity contribution in [1.82, 2.24) is 0 Å². The quantitative estimate of drug-likeness (QED) is 0.381. The van der Waals surface area contributed by atoms with Gasteiger partial charge >= 0.3 is 0 Å². The van der Waals surface area contributed by atoms with Crippen LogP contribution in [0, 0.1) is 11.6 Å². The smallest absolute Gasteiger partial charge is 0.193 e. The summed E-state index contributed by atoms with van der Waals surface area (Å²) < 4.78 is 26.5. The molecule has 4 aromatic rings. The van der Waals surface area contributed by atoms with Crippen molar-refractivity contribution in [3.8, 4) is 11.1 Å². The van der Waals surface area contributed by atoms with E-state index in [4.69, 9.17) is 0 Å². The average Bonchev–Trinajstić information content (AvgIpc) is 2.79. The fourth-order valence-corrected chi connectivity index (χ4v) is 3.35. The van der Waals surface area contributed by atoms with Gasteiger partial charge in [-0.3, -0.25) is 9.59 Å². The topological polar surface area (TPSA) is 34.1 Å². The lowest BCUT2D eigenvalue weighted by Crippen LogP contribution is -2.07. The summed E-state index contributed by atoms with van der Waals surface area (Å²) in [5, 5.41) is 0. The molecular formula is C26H16F2O2. The third-order valence-electron chi connectivity index (χ3n) is 4.85. The monoisotopic (exact) mass is 398 g/mol. The van der Waals surface area contributed by atoms with E-state index >= 15 is 0 Å². The Balaban J connectivity index is 1.81. The van der Waals surface area contributed by atoms with Crippen LogP contribution < -0.4 is 0 Å². The number of ketones is 2. The second kappa shape index (κ2) is 8.21. The molecule has 2 nitrogen and oxygen atoms in total. The molecule has 0 N–H and O–H groups in total. The fourth-order valence-electron chi connectivity index (χ4n) is 3.35. The van der Waals surface area contributed by atoms with Crippen LogP contribution in [0.4, 0.5) is 8.78 Å². The van der Waals surface area contributed by atoms with Crippen molar-refractivity contribution in [2.24, 2.45) is 0 Å². The van der Waals surface area contributed by atoms with Crippen LogP contribution in [-0.2, 0) is 0 Å². The molecule has 4 rings (SSSR count). The van der Waals surface area contributed by atoms with Crippen LogP contribution in [0.1, 0.15) is 31.8 Å². The minimum atomic E-state index is -0.421. The summed E-state index contributed by atoms with van der Waals surface area (Å²) >= 11 is 0. The molecule has 0 aliphatic heterocycles. The first kappa shape index (κ1) is 19.4. The van der Waals surface area contributed by atoms with Crippen LogP contribution in [0.3, 0.4) is 0 Å². The molecule has 0 saturated heterocycles. The highest BCUT2D eigenvalue weighted by molar-refractivity contribution is 6.16. The third-order valence-corrected chi connectivity index (χ3v) is 4.85. The van der Waals surface area contributed by atoms with Gasteiger partial charge in [-0.25, -0.2) is 8.78 Å². The van der Waals surface area contributed by atoms with Gasteiger partial charge in [0.2, 0.25) is 0 Å². The van der Waals surface area contributed by atoms with Gasteiger partial charge < -0.3 is 0 Å². The van der Waals surface area contributed by atoms with Gasteiger partial charge in [0.25, 0.3) is 0 Å². The first-order chi connectivity index (χ1) is 14.5. The number of halogens is 2. The number of hydrogen-bond donors (Lipinski definition) is 0. The number of carbonyl (C=O) groups is 2. The third kappa shape index (κ3) is 3.80. The standard InChI is InChI=1S/C26H16F2O2/c27-19-13-9-17(10-14-19)25(29)23-7-3-1-5-21(23)22-6-2-4-8-24(22)26(30)18-11-15-20(28)16-12-18/h1-16H. The molecule has 4 heteroatoms. The fraction of sp³-hybridized carbons (Fsp3) is 0. The van der Waals surface area contributed by atoms with Crippen molar-refractivity contribution in [2.45, 2.75) is 0 Å². The minimum Gasteiger partial charge on any atom is -0.289 e. The summed E-state index contributed by atoms with van der Waals surface area (Å²) in [6.45, 7) is 0. The van der Waals surface area contributed by atoms with E-state index in [1.807, 2.05) is 0 Å². The Morgan fingerprint density at radius 1 is 0.467 bits per heavy atom. The Labute approximate surface area is 172 Å². The maximum absolute atomic E-state index is 13.3. The average molecular weight is 398 g/mol. The Morgan fingerprint density at radius 3 is 1.17 bits per heavy atom. The highest BCUT2D eigenvalue weighted by atomic mass is 19.1. The van der Waals surface area contributed by atoms with Crippen molar-refractivity contribution in [3.05, 3.63) is 131 Å². The molecule has 0 radical (unpaired) electrons. The van der Waals surface area contributed by atoms with Gasteiger partial charge in [0.15, 0.2) is 11.6 Å². The lowest BCUT2D eigenvalue weighted by atomic mass is 9.89. The van der Waals surface area contributed by atoms with Crippen molar-refractivity contribution in [1.29, 1.82) is 0 Å². The molecule has 0 aromatic heterocycles. The molecule has 146 valence electrons. The van der Waals surface area contributed by atoms with E-state index in [0.29, 0.717) is 33.4 Å². The van der Waals surface area contributed by atoms with Gasteiger partial charge in [-0.1, -0.05) is 48.5 Å². The van der Waals surface area contributed by atoms with Crippen molar-refractivity contribution < 1.29 is 18.4 Å². The van der Waals surface area contributed by atoms with Crippen molar-refractivity contribution >= 4 is 11.6 Å². The molecule has 0 fully saturated rings. The van der Waals surface area contributed by atoms with Crippen molar-refractivity contribution in [2.75, 3.05) is 0 Å². The molecule has 0 heterocycles. The maximum Gasteiger partial charge on any atom is 0.193 e. The normalized spacial score (nSPS) is 10.6. The van der Waals surface area contributed by atoms with E-state index < -0.39 is 11.6 Å². The number of carbonyl (C=O) groups excluding carboxylic acids is 2. The highest BCUT2D eigenvalue weighted by Crippen LogP contribution is 2.30. The predicted octanol–water partition coefficient (Wildman–Crippen LogP) is 6.09. The Hall–Kier alpha value is -3.92. The zero-order valence-electron chi connectivity index (χ0n) is 15.8. The van der Waals surface area contributed by atoms with Crippen LogP contribution in [0.25, 0.3) is 11.1 Å². The van der Waals surface area contributed by atoms with E-state index in [1.54, 1.807) is 48.5 Å². The van der Waals surface area contributed by atoms with E-state index in [2.05, 4.69) is 0 Å². The Morgan fingerprint density at radius 2 is 0.800 bits per heavy atom. The zero-order chi connectivity index (χ0) is 21.1. The summed E-state index contributed by atoms with van der Waals surface area (Å²) in [6, 6.07) is 24.7. The van der Waals surface area contributed by atoms with E-state index in [1.165, 1.54) is 48.5 Å². The number of benzene rings is 4. The van der Waals surface area contributed by atoms with Crippen molar-refractivity contribution in [3.63, 3.8) is 0 Å². The minimum absolute atomic E-state index is 0.269. The van der Waals surface area contributed by atoms with Crippen LogP contribution in [0.5, 0.6) is 0 Å². The lowest BCUT2D eigenvalue weighted by molar-refractivity contribution is 0.103. The first-order valence-corrected chi connectivity index (χ1v) is 9.33. The van der Waals surface area contributed by atoms with Gasteiger partial charge in [0, 0.05) is 22.3 Å². The Kier molecular flexibility index (Phi) is 5.31. The molecule has 0 atom stereocenters. The van der Waals surface area contributed by atoms with Crippen LogP contribution >= 0.6 is 0 Å². The maximum atomic E-state index is 13.3. The molecule has 0 saturated carbocycles. The second-order valence-corrected chi connectivity index (χ2v) is 6.76. The van der Waals surface area contributed by atoms with Crippen LogP contribution in [0.2, 0.25) is 0 Å². The summed E-state index contributed by atoms with van der Waals surface area (Å²) in [5.41, 5.74) is 2.71. The molecule has 0 bridgehead atoms. The lowest BCUT2D eigenvalue weighted by Gasteiger charge is -2.13. The van der Waals surface area contributed by atoms with Crippen LogP contribution in [-0.4, -0.2) is 11.6 Å². The second-order valence-electron chi connectivity index (χ2n) is 6.76. The molecule has 0 aliphatic rings. The summed E-state index contributed by atoms with van der Waals surface area (Å²) in [7, 11) is 0. The van der Waals surface area contributed by atoms with Gasteiger partial charge in [-0.15, -0.1) is 0 Å². The van der Waals surface area contributed by atoms with Gasteiger partial charge in [-0.05, 0) is 59.7 Å². The van der Waals surface area contributed by atoms with E-state index in [9.17, 15) is 18.4 Å². The van der Waals surface area contributed by atoms with Crippen LogP contribution in [0.15, 0.2) is 97.1 Å². The van der Waals surface area contributed by atoms with Gasteiger partial charge in [0.05, 0.1) is 0 Å². The SMILES string of the molecule is O=C(c1ccc(F)cc1)c1ccccc1-c1ccccc1C(=O)c1ccc(F)cc1. The summed E-state index contributed by atoms with van der Waals surface area (Å²) in [6.07, 6.45) is 0. The van der Waals surface area contributed by atoms with Gasteiger partial charge in [-0.2, -0.15) is 0 Å². The first-order valence-electron chi connectivity index (χ1n) is 9.33. The van der Waals surface area contributed by atoms with E-state index in [-0.39, 0.29) is 11.6 Å². The van der Waals surface area contributed by atoms with Gasteiger partial charge in [0.1, 0.15) is 11.6 Å². The molecule has 30 heavy (non-hydrogen) atoms. The molecule has 0 spiro atoms. The largest absolute Gasteiger partial charge is 0.289 e. The molecule has 0 amide bonds. The molecular weight excluding hydrogens is 382 g/mol. The van der Waals surface area contributed by atoms with E-state index in [0.717, 1.165) is 0 Å². The molecule has 0 aliphatic carbocycles. The summed E-state index contributed by atoms with van der Waals surface area (Å²) in [5.74, 6) is -1.38. The number of hydrogen-bond acceptors (Lipinski definition) is 2. The Bertz CT molecular complexity index is 1130. The molecule has 0 unspecified atom stereocenters. The highest BCUT2D eigenvalue weighted by Gasteiger charge is 2.19.